The van der Waals surface area contributed by atoms with Crippen LogP contribution >= 0.6 is 0 Å². The molecule has 0 aliphatic heterocycles. The minimum absolute atomic E-state index is 0.0309. The molecule has 0 unspecified atom stereocenters. The normalized spacial score (nSPS) is 15.8. The van der Waals surface area contributed by atoms with E-state index in [0.29, 0.717) is 5.92 Å². The number of carbonyl (C=O) groups excluding carboxylic acids is 1. The summed E-state index contributed by atoms with van der Waals surface area (Å²) in [6.45, 7) is 0.259. The van der Waals surface area contributed by atoms with Gasteiger partial charge in [-0.1, -0.05) is 12.3 Å². The molecule has 0 bridgehead atoms. The molecule has 0 spiro atoms. The Balaban J connectivity index is 2.17. The molecule has 0 aromatic carbocycles. The second kappa shape index (κ2) is 4.78. The third kappa shape index (κ3) is 2.93. The molecule has 1 aliphatic carbocycles. The van der Waals surface area contributed by atoms with E-state index in [9.17, 15) is 4.79 Å². The van der Waals surface area contributed by atoms with Gasteiger partial charge >= 0.3 is 0 Å². The molecule has 0 aromatic heterocycles. The molecule has 1 amide bonds. The summed E-state index contributed by atoms with van der Waals surface area (Å²) in [5, 5.41) is 10.9. The zero-order chi connectivity index (χ0) is 8.81. The van der Waals surface area contributed by atoms with Gasteiger partial charge in [0.15, 0.2) is 0 Å². The fourth-order valence-corrected chi connectivity index (χ4v) is 0.934. The molecule has 1 aliphatic rings. The second-order valence-corrected chi connectivity index (χ2v) is 2.88. The molecule has 3 heteroatoms. The van der Waals surface area contributed by atoms with E-state index in [2.05, 4.69) is 17.2 Å². The Morgan fingerprint density at radius 1 is 1.58 bits per heavy atom. The Bertz CT molecular complexity index is 210. The van der Waals surface area contributed by atoms with E-state index < -0.39 is 0 Å². The van der Waals surface area contributed by atoms with E-state index in [4.69, 9.17) is 5.11 Å². The third-order valence-electron chi connectivity index (χ3n) is 1.89. The summed E-state index contributed by atoms with van der Waals surface area (Å²) in [5.41, 5.74) is 0. The van der Waals surface area contributed by atoms with Crippen molar-refractivity contribution in [3.05, 3.63) is 0 Å². The predicted molar refractivity (Wildman–Crippen MR) is 45.2 cm³/mol. The Hall–Kier alpha value is -1.01. The molecule has 1 fully saturated rings. The van der Waals surface area contributed by atoms with Gasteiger partial charge in [0, 0.05) is 12.5 Å². The lowest BCUT2D eigenvalue weighted by atomic mass is 9.86. The third-order valence-corrected chi connectivity index (χ3v) is 1.89. The first kappa shape index (κ1) is 9.08. The number of rotatable bonds is 2. The van der Waals surface area contributed by atoms with Crippen LogP contribution in [0.15, 0.2) is 0 Å². The summed E-state index contributed by atoms with van der Waals surface area (Å²) >= 11 is 0. The molecule has 3 nitrogen and oxygen atoms in total. The zero-order valence-electron chi connectivity index (χ0n) is 6.97. The molecule has 66 valence electrons. The molecular weight excluding hydrogens is 154 g/mol. The molecule has 1 saturated carbocycles. The van der Waals surface area contributed by atoms with E-state index in [1.54, 1.807) is 0 Å². The van der Waals surface area contributed by atoms with Crippen molar-refractivity contribution in [2.45, 2.75) is 19.3 Å². The molecular formula is C9H13NO2. The van der Waals surface area contributed by atoms with Gasteiger partial charge in [-0.2, -0.15) is 0 Å². The first-order chi connectivity index (χ1) is 5.83. The Morgan fingerprint density at radius 3 is 2.83 bits per heavy atom. The highest BCUT2D eigenvalue weighted by molar-refractivity contribution is 5.93. The highest BCUT2D eigenvalue weighted by Crippen LogP contribution is 2.24. The topological polar surface area (TPSA) is 49.3 Å². The van der Waals surface area contributed by atoms with Gasteiger partial charge in [-0.05, 0) is 18.8 Å². The van der Waals surface area contributed by atoms with Crippen LogP contribution < -0.4 is 5.32 Å². The summed E-state index contributed by atoms with van der Waals surface area (Å²) in [6.07, 6.45) is 3.48. The lowest BCUT2D eigenvalue weighted by Crippen LogP contribution is -2.25. The minimum atomic E-state index is -0.282. The van der Waals surface area contributed by atoms with Crippen LogP contribution in [-0.4, -0.2) is 24.2 Å². The number of nitrogens with one attached hydrogen (secondary N) is 1. The molecule has 0 saturated heterocycles. The lowest BCUT2D eigenvalue weighted by Gasteiger charge is -2.18. The van der Waals surface area contributed by atoms with Gasteiger partial charge in [0.05, 0.1) is 6.61 Å². The SMILES string of the molecule is O=C(C#CC1CCC1)NCCO. The van der Waals surface area contributed by atoms with Gasteiger partial charge in [0.1, 0.15) is 0 Å². The van der Waals surface area contributed by atoms with Crippen LogP contribution in [0, 0.1) is 17.8 Å². The molecule has 12 heavy (non-hydrogen) atoms. The average molecular weight is 167 g/mol. The van der Waals surface area contributed by atoms with Gasteiger partial charge in [-0.15, -0.1) is 0 Å². The van der Waals surface area contributed by atoms with E-state index in [-0.39, 0.29) is 19.1 Å². The van der Waals surface area contributed by atoms with Crippen molar-refractivity contribution >= 4 is 5.91 Å². The van der Waals surface area contributed by atoms with Crippen molar-refractivity contribution in [3.8, 4) is 11.8 Å². The summed E-state index contributed by atoms with van der Waals surface area (Å²) in [7, 11) is 0. The Morgan fingerprint density at radius 2 is 2.33 bits per heavy atom. The predicted octanol–water partition coefficient (Wildman–Crippen LogP) is -0.102. The molecule has 2 N–H and O–H groups in total. The number of carbonyl (C=O) groups is 1. The highest BCUT2D eigenvalue weighted by Gasteiger charge is 2.13. The van der Waals surface area contributed by atoms with Gasteiger partial charge in [-0.3, -0.25) is 4.79 Å². The van der Waals surface area contributed by atoms with E-state index in [0.717, 1.165) is 12.8 Å². The number of aliphatic hydroxyl groups excluding tert-OH is 1. The van der Waals surface area contributed by atoms with Crippen LogP contribution in [0.2, 0.25) is 0 Å². The smallest absolute Gasteiger partial charge is 0.295 e. The van der Waals surface area contributed by atoms with E-state index in [1.165, 1.54) is 6.42 Å². The Labute approximate surface area is 72.2 Å². The number of hydrogen-bond acceptors (Lipinski definition) is 2. The highest BCUT2D eigenvalue weighted by atomic mass is 16.3. The van der Waals surface area contributed by atoms with E-state index >= 15 is 0 Å². The van der Waals surface area contributed by atoms with Crippen molar-refractivity contribution in [2.75, 3.05) is 13.2 Å². The average Bonchev–Trinajstić information content (AvgIpc) is 1.98. The van der Waals surface area contributed by atoms with Crippen LogP contribution in [0.4, 0.5) is 0 Å². The van der Waals surface area contributed by atoms with Crippen molar-refractivity contribution in [2.24, 2.45) is 5.92 Å². The summed E-state index contributed by atoms with van der Waals surface area (Å²) in [5.74, 6) is 5.55. The van der Waals surface area contributed by atoms with Gasteiger partial charge in [0.2, 0.25) is 0 Å². The number of amides is 1. The van der Waals surface area contributed by atoms with E-state index in [1.807, 2.05) is 0 Å². The summed E-state index contributed by atoms with van der Waals surface area (Å²) < 4.78 is 0. The van der Waals surface area contributed by atoms with Crippen molar-refractivity contribution < 1.29 is 9.90 Å². The van der Waals surface area contributed by atoms with Crippen LogP contribution in [0.3, 0.4) is 0 Å². The number of aliphatic hydroxyl groups is 1. The van der Waals surface area contributed by atoms with Gasteiger partial charge in [0.25, 0.3) is 5.91 Å². The molecule has 0 heterocycles. The van der Waals surface area contributed by atoms with Crippen LogP contribution in [0.25, 0.3) is 0 Å². The van der Waals surface area contributed by atoms with Crippen molar-refractivity contribution in [1.29, 1.82) is 0 Å². The van der Waals surface area contributed by atoms with Gasteiger partial charge < -0.3 is 10.4 Å². The summed E-state index contributed by atoms with van der Waals surface area (Å²) in [4.78, 5) is 10.9. The molecule has 0 radical (unpaired) electrons. The maximum atomic E-state index is 10.9. The van der Waals surface area contributed by atoms with Gasteiger partial charge in [-0.25, -0.2) is 0 Å². The first-order valence-corrected chi connectivity index (χ1v) is 4.23. The molecule has 1 rings (SSSR count). The fourth-order valence-electron chi connectivity index (χ4n) is 0.934. The molecule has 0 aromatic rings. The maximum Gasteiger partial charge on any atom is 0.295 e. The largest absolute Gasteiger partial charge is 0.395 e. The Kier molecular flexibility index (Phi) is 3.62. The monoisotopic (exact) mass is 167 g/mol. The number of hydrogen-bond donors (Lipinski definition) is 2. The first-order valence-electron chi connectivity index (χ1n) is 4.23. The maximum absolute atomic E-state index is 10.9. The lowest BCUT2D eigenvalue weighted by molar-refractivity contribution is -0.115. The standard InChI is InChI=1S/C9H13NO2/c11-7-6-10-9(12)5-4-8-2-1-3-8/h8,11H,1-3,6-7H2,(H,10,12). The van der Waals surface area contributed by atoms with Crippen LogP contribution in [0.5, 0.6) is 0 Å². The second-order valence-electron chi connectivity index (χ2n) is 2.88. The fraction of sp³-hybridized carbons (Fsp3) is 0.667. The van der Waals surface area contributed by atoms with Crippen LogP contribution in [-0.2, 0) is 4.79 Å². The van der Waals surface area contributed by atoms with Crippen molar-refractivity contribution in [1.82, 2.24) is 5.32 Å². The minimum Gasteiger partial charge on any atom is -0.395 e. The van der Waals surface area contributed by atoms with Crippen LogP contribution in [0.1, 0.15) is 19.3 Å². The molecule has 0 atom stereocenters. The zero-order valence-corrected chi connectivity index (χ0v) is 6.97. The quantitative estimate of drug-likeness (QED) is 0.564. The van der Waals surface area contributed by atoms with Crippen molar-refractivity contribution in [3.63, 3.8) is 0 Å². The summed E-state index contributed by atoms with van der Waals surface area (Å²) in [6, 6.07) is 0.